The molecule has 1 atom stereocenters. The highest BCUT2D eigenvalue weighted by molar-refractivity contribution is 5.80. The molecule has 1 saturated heterocycles. The molecule has 0 aromatic heterocycles. The summed E-state index contributed by atoms with van der Waals surface area (Å²) >= 11 is 0. The lowest BCUT2D eigenvalue weighted by molar-refractivity contribution is -0.133. The van der Waals surface area contributed by atoms with Gasteiger partial charge in [0.05, 0.1) is 24.1 Å². The Balaban J connectivity index is 2.70. The predicted octanol–water partition coefficient (Wildman–Crippen LogP) is 0.783. The third-order valence-electron chi connectivity index (χ3n) is 2.54. The number of hydrogen-bond donors (Lipinski definition) is 0. The van der Waals surface area contributed by atoms with Crippen LogP contribution >= 0.6 is 0 Å². The van der Waals surface area contributed by atoms with Crippen molar-refractivity contribution in [2.24, 2.45) is 5.92 Å². The summed E-state index contributed by atoms with van der Waals surface area (Å²) in [5.41, 5.74) is -0.308. The maximum atomic E-state index is 11.6. The summed E-state index contributed by atoms with van der Waals surface area (Å²) < 4.78 is 5.06. The molecule has 1 rings (SSSR count). The lowest BCUT2D eigenvalue weighted by Gasteiger charge is -2.34. The zero-order chi connectivity index (χ0) is 10.8. The monoisotopic (exact) mass is 196 g/mol. The molecule has 78 valence electrons. The minimum Gasteiger partial charge on any atom is -0.382 e. The van der Waals surface area contributed by atoms with Gasteiger partial charge in [-0.2, -0.15) is 5.26 Å². The molecule has 1 fully saturated rings. The molecular formula is C10H16N2O2. The first kappa shape index (κ1) is 11.0. The quantitative estimate of drug-likeness (QED) is 0.670. The zero-order valence-corrected chi connectivity index (χ0v) is 8.91. The van der Waals surface area contributed by atoms with Gasteiger partial charge in [0.1, 0.15) is 0 Å². The van der Waals surface area contributed by atoms with Gasteiger partial charge in [0.2, 0.25) is 5.91 Å². The number of carbonyl (C=O) groups excluding carboxylic acids is 1. The van der Waals surface area contributed by atoms with Crippen LogP contribution in [0.2, 0.25) is 0 Å². The summed E-state index contributed by atoms with van der Waals surface area (Å²) in [6.45, 7) is 4.94. The molecule has 4 nitrogen and oxygen atoms in total. The summed E-state index contributed by atoms with van der Waals surface area (Å²) in [6, 6.07) is 2.14. The van der Waals surface area contributed by atoms with Gasteiger partial charge in [0.25, 0.3) is 0 Å². The van der Waals surface area contributed by atoms with E-state index >= 15 is 0 Å². The van der Waals surface area contributed by atoms with E-state index in [2.05, 4.69) is 6.07 Å². The normalized spacial score (nSPS) is 22.6. The number of rotatable bonds is 3. The Kier molecular flexibility index (Phi) is 3.12. The lowest BCUT2D eigenvalue weighted by atomic mass is 10.1. The minimum absolute atomic E-state index is 0.0543. The molecule has 1 amide bonds. The van der Waals surface area contributed by atoms with E-state index in [0.29, 0.717) is 19.6 Å². The third-order valence-corrected chi connectivity index (χ3v) is 2.54. The van der Waals surface area contributed by atoms with Crippen molar-refractivity contribution in [1.29, 1.82) is 5.26 Å². The fraction of sp³-hybridized carbons (Fsp3) is 0.800. The van der Waals surface area contributed by atoms with Crippen LogP contribution in [0.15, 0.2) is 0 Å². The highest BCUT2D eigenvalue weighted by Crippen LogP contribution is 2.25. The Morgan fingerprint density at radius 2 is 2.36 bits per heavy atom. The first-order chi connectivity index (χ1) is 6.51. The van der Waals surface area contributed by atoms with E-state index in [-0.39, 0.29) is 17.4 Å². The number of methoxy groups -OCH3 is 1. The van der Waals surface area contributed by atoms with E-state index in [1.54, 1.807) is 12.0 Å². The van der Waals surface area contributed by atoms with E-state index in [1.807, 2.05) is 13.8 Å². The van der Waals surface area contributed by atoms with Crippen molar-refractivity contribution < 1.29 is 9.53 Å². The van der Waals surface area contributed by atoms with Crippen LogP contribution in [0.5, 0.6) is 0 Å². The van der Waals surface area contributed by atoms with Gasteiger partial charge in [0.15, 0.2) is 0 Å². The maximum absolute atomic E-state index is 11.6. The molecule has 0 radical (unpaired) electrons. The molecule has 4 heteroatoms. The molecule has 0 bridgehead atoms. The van der Waals surface area contributed by atoms with Gasteiger partial charge < -0.3 is 9.64 Å². The van der Waals surface area contributed by atoms with Gasteiger partial charge in [-0.25, -0.2) is 0 Å². The molecule has 1 aliphatic heterocycles. The molecule has 0 saturated carbocycles. The van der Waals surface area contributed by atoms with E-state index in [9.17, 15) is 4.79 Å². The molecule has 0 spiro atoms. The van der Waals surface area contributed by atoms with Gasteiger partial charge in [-0.1, -0.05) is 0 Å². The summed E-state index contributed by atoms with van der Waals surface area (Å²) in [5.74, 6) is -0.0998. The Morgan fingerprint density at radius 1 is 1.71 bits per heavy atom. The van der Waals surface area contributed by atoms with Crippen LogP contribution < -0.4 is 0 Å². The fourth-order valence-electron chi connectivity index (χ4n) is 1.81. The fourth-order valence-corrected chi connectivity index (χ4v) is 1.81. The SMILES string of the molecule is COCC(C)(C)N1CC(C#N)CC1=O. The van der Waals surface area contributed by atoms with Crippen molar-refractivity contribution in [1.82, 2.24) is 4.90 Å². The average molecular weight is 196 g/mol. The van der Waals surface area contributed by atoms with E-state index in [4.69, 9.17) is 10.00 Å². The van der Waals surface area contributed by atoms with Gasteiger partial charge in [-0.15, -0.1) is 0 Å². The first-order valence-corrected chi connectivity index (χ1v) is 4.70. The average Bonchev–Trinajstić information content (AvgIpc) is 2.47. The van der Waals surface area contributed by atoms with Crippen molar-refractivity contribution in [2.75, 3.05) is 20.3 Å². The maximum Gasteiger partial charge on any atom is 0.224 e. The highest BCUT2D eigenvalue weighted by atomic mass is 16.5. The van der Waals surface area contributed by atoms with E-state index in [0.717, 1.165) is 0 Å². The van der Waals surface area contributed by atoms with E-state index in [1.165, 1.54) is 0 Å². The van der Waals surface area contributed by atoms with Gasteiger partial charge in [-0.3, -0.25) is 4.79 Å². The number of carbonyl (C=O) groups is 1. The smallest absolute Gasteiger partial charge is 0.224 e. The Labute approximate surface area is 84.4 Å². The van der Waals surface area contributed by atoms with Gasteiger partial charge in [0, 0.05) is 20.1 Å². The predicted molar refractivity (Wildman–Crippen MR) is 51.4 cm³/mol. The van der Waals surface area contributed by atoms with Crippen LogP contribution in [0, 0.1) is 17.2 Å². The van der Waals surface area contributed by atoms with Crippen LogP contribution in [0.4, 0.5) is 0 Å². The number of nitrogens with zero attached hydrogens (tertiary/aromatic N) is 2. The number of amides is 1. The van der Waals surface area contributed by atoms with Crippen molar-refractivity contribution in [3.63, 3.8) is 0 Å². The van der Waals surface area contributed by atoms with Crippen molar-refractivity contribution in [2.45, 2.75) is 25.8 Å². The first-order valence-electron chi connectivity index (χ1n) is 4.70. The summed E-state index contributed by atoms with van der Waals surface area (Å²) in [5, 5.41) is 8.74. The van der Waals surface area contributed by atoms with Crippen molar-refractivity contribution in [3.05, 3.63) is 0 Å². The van der Waals surface area contributed by atoms with E-state index < -0.39 is 0 Å². The summed E-state index contributed by atoms with van der Waals surface area (Å²) in [4.78, 5) is 13.3. The number of likely N-dealkylation sites (tertiary alicyclic amines) is 1. The van der Waals surface area contributed by atoms with Crippen LogP contribution in [-0.4, -0.2) is 36.6 Å². The molecule has 1 heterocycles. The summed E-state index contributed by atoms with van der Waals surface area (Å²) in [7, 11) is 1.62. The van der Waals surface area contributed by atoms with Crippen molar-refractivity contribution >= 4 is 5.91 Å². The largest absolute Gasteiger partial charge is 0.382 e. The van der Waals surface area contributed by atoms with Gasteiger partial charge >= 0.3 is 0 Å². The molecule has 1 unspecified atom stereocenters. The van der Waals surface area contributed by atoms with Crippen LogP contribution in [-0.2, 0) is 9.53 Å². The summed E-state index contributed by atoms with van der Waals surface area (Å²) in [6.07, 6.45) is 0.351. The molecule has 14 heavy (non-hydrogen) atoms. The van der Waals surface area contributed by atoms with Crippen LogP contribution in [0.25, 0.3) is 0 Å². The number of hydrogen-bond acceptors (Lipinski definition) is 3. The molecule has 0 N–H and O–H groups in total. The molecule has 1 aliphatic rings. The molecule has 0 aliphatic carbocycles. The second kappa shape index (κ2) is 3.97. The number of ether oxygens (including phenoxy) is 1. The third kappa shape index (κ3) is 2.05. The Morgan fingerprint density at radius 3 is 2.79 bits per heavy atom. The lowest BCUT2D eigenvalue weighted by Crippen LogP contribution is -2.48. The molecular weight excluding hydrogens is 180 g/mol. The minimum atomic E-state index is -0.308. The topological polar surface area (TPSA) is 53.3 Å². The van der Waals surface area contributed by atoms with Gasteiger partial charge in [-0.05, 0) is 13.8 Å². The number of nitriles is 1. The Bertz CT molecular complexity index is 268. The zero-order valence-electron chi connectivity index (χ0n) is 8.91. The van der Waals surface area contributed by atoms with Crippen molar-refractivity contribution in [3.8, 4) is 6.07 Å². The second-order valence-corrected chi connectivity index (χ2v) is 4.28. The second-order valence-electron chi connectivity index (χ2n) is 4.28. The Hall–Kier alpha value is -1.08. The highest BCUT2D eigenvalue weighted by Gasteiger charge is 2.38. The molecule has 0 aromatic carbocycles. The van der Waals surface area contributed by atoms with Crippen LogP contribution in [0.3, 0.4) is 0 Å². The van der Waals surface area contributed by atoms with Crippen LogP contribution in [0.1, 0.15) is 20.3 Å². The standard InChI is InChI=1S/C10H16N2O2/c1-10(2,7-14-3)12-6-8(5-11)4-9(12)13/h8H,4,6-7H2,1-3H3. The molecule has 0 aromatic rings.